The maximum atomic E-state index is 5.73. The standard InChI is InChI=1S/C17H33NO/c1-3-14-7-4-8-15(13-14)17(18-2)11-5-9-16-10-6-12-19-16/h14-18H,3-13H2,1-2H3. The molecular weight excluding hydrogens is 234 g/mol. The van der Waals surface area contributed by atoms with Crippen LogP contribution in [0.4, 0.5) is 0 Å². The fraction of sp³-hybridized carbons (Fsp3) is 1.00. The van der Waals surface area contributed by atoms with Crippen molar-refractivity contribution in [3.8, 4) is 0 Å². The van der Waals surface area contributed by atoms with Crippen LogP contribution >= 0.6 is 0 Å². The van der Waals surface area contributed by atoms with E-state index >= 15 is 0 Å². The molecule has 0 aromatic carbocycles. The summed E-state index contributed by atoms with van der Waals surface area (Å²) in [7, 11) is 2.16. The topological polar surface area (TPSA) is 21.3 Å². The van der Waals surface area contributed by atoms with E-state index in [4.69, 9.17) is 4.74 Å². The van der Waals surface area contributed by atoms with Gasteiger partial charge in [0.15, 0.2) is 0 Å². The predicted molar refractivity (Wildman–Crippen MR) is 81.4 cm³/mol. The molecule has 2 heteroatoms. The molecule has 1 N–H and O–H groups in total. The summed E-state index contributed by atoms with van der Waals surface area (Å²) >= 11 is 0. The molecule has 2 rings (SSSR count). The van der Waals surface area contributed by atoms with Gasteiger partial charge in [0.1, 0.15) is 0 Å². The Balaban J connectivity index is 1.69. The molecule has 2 nitrogen and oxygen atoms in total. The van der Waals surface area contributed by atoms with E-state index < -0.39 is 0 Å². The minimum atomic E-state index is 0.576. The fourth-order valence-corrected chi connectivity index (χ4v) is 4.12. The summed E-state index contributed by atoms with van der Waals surface area (Å²) in [5.74, 6) is 1.92. The monoisotopic (exact) mass is 267 g/mol. The van der Waals surface area contributed by atoms with Crippen molar-refractivity contribution in [3.63, 3.8) is 0 Å². The zero-order valence-corrected chi connectivity index (χ0v) is 13.0. The lowest BCUT2D eigenvalue weighted by Crippen LogP contribution is -2.36. The van der Waals surface area contributed by atoms with E-state index in [1.54, 1.807) is 0 Å². The number of ether oxygens (including phenoxy) is 1. The second-order valence-electron chi connectivity index (χ2n) is 6.66. The molecule has 19 heavy (non-hydrogen) atoms. The van der Waals surface area contributed by atoms with Crippen molar-refractivity contribution in [3.05, 3.63) is 0 Å². The molecule has 0 aromatic rings. The minimum absolute atomic E-state index is 0.576. The maximum absolute atomic E-state index is 5.73. The average Bonchev–Trinajstić information content (AvgIpc) is 2.97. The van der Waals surface area contributed by atoms with E-state index in [1.807, 2.05) is 0 Å². The molecular formula is C17H33NO. The minimum Gasteiger partial charge on any atom is -0.378 e. The molecule has 1 heterocycles. The highest BCUT2D eigenvalue weighted by Gasteiger charge is 2.27. The van der Waals surface area contributed by atoms with Gasteiger partial charge in [0.2, 0.25) is 0 Å². The predicted octanol–water partition coefficient (Wildman–Crippen LogP) is 4.14. The summed E-state index contributed by atoms with van der Waals surface area (Å²) < 4.78 is 5.73. The van der Waals surface area contributed by atoms with Crippen LogP contribution in [0.3, 0.4) is 0 Å². The van der Waals surface area contributed by atoms with Crippen molar-refractivity contribution in [2.45, 2.75) is 83.3 Å². The van der Waals surface area contributed by atoms with Gasteiger partial charge in [0.25, 0.3) is 0 Å². The summed E-state index contributed by atoms with van der Waals surface area (Å²) in [5, 5.41) is 3.60. The van der Waals surface area contributed by atoms with Crippen molar-refractivity contribution in [1.82, 2.24) is 5.32 Å². The normalized spacial score (nSPS) is 33.5. The second kappa shape index (κ2) is 8.26. The van der Waals surface area contributed by atoms with Crippen LogP contribution in [0.25, 0.3) is 0 Å². The molecule has 1 aliphatic carbocycles. The van der Waals surface area contributed by atoms with Crippen LogP contribution in [0.5, 0.6) is 0 Å². The van der Waals surface area contributed by atoms with Gasteiger partial charge in [-0.3, -0.25) is 0 Å². The Morgan fingerprint density at radius 1 is 1.21 bits per heavy atom. The van der Waals surface area contributed by atoms with Crippen LogP contribution in [-0.2, 0) is 4.74 Å². The molecule has 1 saturated carbocycles. The van der Waals surface area contributed by atoms with Crippen molar-refractivity contribution >= 4 is 0 Å². The molecule has 0 bridgehead atoms. The van der Waals surface area contributed by atoms with Crippen LogP contribution in [0.15, 0.2) is 0 Å². The first-order chi connectivity index (χ1) is 9.33. The SMILES string of the molecule is CCC1CCCC(C(CCCC2CCCO2)NC)C1. The van der Waals surface area contributed by atoms with Crippen molar-refractivity contribution in [2.24, 2.45) is 11.8 Å². The van der Waals surface area contributed by atoms with Crippen molar-refractivity contribution < 1.29 is 4.74 Å². The smallest absolute Gasteiger partial charge is 0.0576 e. The van der Waals surface area contributed by atoms with Gasteiger partial charge < -0.3 is 10.1 Å². The summed E-state index contributed by atoms with van der Waals surface area (Å²) in [6, 6.07) is 0.746. The van der Waals surface area contributed by atoms with Crippen LogP contribution in [0.2, 0.25) is 0 Å². The third-order valence-corrected chi connectivity index (χ3v) is 5.41. The Kier molecular flexibility index (Phi) is 6.66. The molecule has 112 valence electrons. The Morgan fingerprint density at radius 3 is 2.79 bits per heavy atom. The van der Waals surface area contributed by atoms with E-state index in [1.165, 1.54) is 64.2 Å². The number of rotatable bonds is 7. The number of hydrogen-bond donors (Lipinski definition) is 1. The lowest BCUT2D eigenvalue weighted by Gasteiger charge is -2.34. The highest BCUT2D eigenvalue weighted by molar-refractivity contribution is 4.82. The van der Waals surface area contributed by atoms with Crippen molar-refractivity contribution in [2.75, 3.05) is 13.7 Å². The number of hydrogen-bond acceptors (Lipinski definition) is 2. The van der Waals surface area contributed by atoms with Gasteiger partial charge in [-0.05, 0) is 63.8 Å². The molecule has 2 fully saturated rings. The third-order valence-electron chi connectivity index (χ3n) is 5.41. The summed E-state index contributed by atoms with van der Waals surface area (Å²) in [6.45, 7) is 3.36. The first-order valence-electron chi connectivity index (χ1n) is 8.62. The van der Waals surface area contributed by atoms with E-state index in [0.29, 0.717) is 6.10 Å². The van der Waals surface area contributed by atoms with Crippen LogP contribution in [0, 0.1) is 11.8 Å². The molecule has 0 aromatic heterocycles. The molecule has 0 radical (unpaired) electrons. The molecule has 1 aliphatic heterocycles. The van der Waals surface area contributed by atoms with E-state index in [-0.39, 0.29) is 0 Å². The van der Waals surface area contributed by atoms with Crippen molar-refractivity contribution in [1.29, 1.82) is 0 Å². The second-order valence-corrected chi connectivity index (χ2v) is 6.66. The van der Waals surface area contributed by atoms with Gasteiger partial charge >= 0.3 is 0 Å². The molecule has 1 saturated heterocycles. The Hall–Kier alpha value is -0.0800. The third kappa shape index (κ3) is 4.75. The van der Waals surface area contributed by atoms with Gasteiger partial charge in [-0.15, -0.1) is 0 Å². The van der Waals surface area contributed by atoms with Crippen LogP contribution in [-0.4, -0.2) is 25.8 Å². The molecule has 0 amide bonds. The zero-order chi connectivity index (χ0) is 13.5. The van der Waals surface area contributed by atoms with Crippen LogP contribution < -0.4 is 5.32 Å². The molecule has 4 unspecified atom stereocenters. The van der Waals surface area contributed by atoms with E-state index in [2.05, 4.69) is 19.3 Å². The fourth-order valence-electron chi connectivity index (χ4n) is 4.12. The zero-order valence-electron chi connectivity index (χ0n) is 13.0. The molecule has 4 atom stereocenters. The first-order valence-corrected chi connectivity index (χ1v) is 8.62. The summed E-state index contributed by atoms with van der Waals surface area (Å²) in [5.41, 5.74) is 0. The Morgan fingerprint density at radius 2 is 2.11 bits per heavy atom. The highest BCUT2D eigenvalue weighted by Crippen LogP contribution is 2.34. The summed E-state index contributed by atoms with van der Waals surface area (Å²) in [6.07, 6.45) is 14.3. The molecule has 0 spiro atoms. The summed E-state index contributed by atoms with van der Waals surface area (Å²) in [4.78, 5) is 0. The van der Waals surface area contributed by atoms with Gasteiger partial charge in [-0.1, -0.05) is 26.2 Å². The lowest BCUT2D eigenvalue weighted by molar-refractivity contribution is 0.0995. The average molecular weight is 267 g/mol. The van der Waals surface area contributed by atoms with E-state index in [0.717, 1.165) is 24.5 Å². The Bertz CT molecular complexity index is 237. The number of nitrogens with one attached hydrogen (secondary N) is 1. The highest BCUT2D eigenvalue weighted by atomic mass is 16.5. The van der Waals surface area contributed by atoms with Gasteiger partial charge in [-0.25, -0.2) is 0 Å². The van der Waals surface area contributed by atoms with Gasteiger partial charge in [0.05, 0.1) is 6.10 Å². The maximum Gasteiger partial charge on any atom is 0.0576 e. The van der Waals surface area contributed by atoms with Crippen LogP contribution in [0.1, 0.15) is 71.1 Å². The van der Waals surface area contributed by atoms with Gasteiger partial charge in [0, 0.05) is 12.6 Å². The Labute approximate surface area is 119 Å². The largest absolute Gasteiger partial charge is 0.378 e. The quantitative estimate of drug-likeness (QED) is 0.748. The lowest BCUT2D eigenvalue weighted by atomic mass is 9.75. The van der Waals surface area contributed by atoms with Gasteiger partial charge in [-0.2, -0.15) is 0 Å². The first kappa shape index (κ1) is 15.3. The molecule has 2 aliphatic rings. The van der Waals surface area contributed by atoms with E-state index in [9.17, 15) is 0 Å².